The maximum atomic E-state index is 12.1. The SMILES string of the molecule is CC(C)(C)OC(=O)c1ccc(Cc2ccncc2)cc1[N+](=O)[O-]. The third-order valence-electron chi connectivity index (χ3n) is 3.04. The number of rotatable bonds is 4. The number of benzene rings is 1. The summed E-state index contributed by atoms with van der Waals surface area (Å²) >= 11 is 0. The molecule has 0 aliphatic rings. The maximum absolute atomic E-state index is 12.1. The van der Waals surface area contributed by atoms with Crippen molar-refractivity contribution < 1.29 is 14.5 Å². The molecule has 2 aromatic rings. The Morgan fingerprint density at radius 3 is 2.39 bits per heavy atom. The molecule has 0 radical (unpaired) electrons. The number of ether oxygens (including phenoxy) is 1. The van der Waals surface area contributed by atoms with E-state index in [0.29, 0.717) is 6.42 Å². The standard InChI is InChI=1S/C17H18N2O4/c1-17(2,3)23-16(20)14-5-4-13(11-15(14)19(21)22)10-12-6-8-18-9-7-12/h4-9,11H,10H2,1-3H3. The van der Waals surface area contributed by atoms with Gasteiger partial charge >= 0.3 is 5.97 Å². The van der Waals surface area contributed by atoms with E-state index in [1.807, 2.05) is 12.1 Å². The Labute approximate surface area is 134 Å². The lowest BCUT2D eigenvalue weighted by atomic mass is 10.0. The van der Waals surface area contributed by atoms with Crippen molar-refractivity contribution in [2.24, 2.45) is 0 Å². The van der Waals surface area contributed by atoms with Crippen LogP contribution < -0.4 is 0 Å². The second-order valence-corrected chi connectivity index (χ2v) is 6.14. The molecule has 23 heavy (non-hydrogen) atoms. The maximum Gasteiger partial charge on any atom is 0.345 e. The fourth-order valence-electron chi connectivity index (χ4n) is 2.08. The lowest BCUT2D eigenvalue weighted by Gasteiger charge is -2.19. The molecule has 0 bridgehead atoms. The third-order valence-corrected chi connectivity index (χ3v) is 3.04. The minimum absolute atomic E-state index is 0.0385. The molecule has 0 atom stereocenters. The fourth-order valence-corrected chi connectivity index (χ4v) is 2.08. The summed E-state index contributed by atoms with van der Waals surface area (Å²) in [5, 5.41) is 11.3. The zero-order valence-electron chi connectivity index (χ0n) is 13.3. The number of esters is 1. The normalized spacial score (nSPS) is 11.1. The van der Waals surface area contributed by atoms with Crippen molar-refractivity contribution in [2.45, 2.75) is 32.8 Å². The minimum Gasteiger partial charge on any atom is -0.456 e. The van der Waals surface area contributed by atoms with Crippen molar-refractivity contribution in [3.05, 3.63) is 69.5 Å². The molecular formula is C17H18N2O4. The molecule has 0 N–H and O–H groups in total. The molecule has 6 nitrogen and oxygen atoms in total. The van der Waals surface area contributed by atoms with Gasteiger partial charge in [-0.05, 0) is 56.5 Å². The average molecular weight is 314 g/mol. The highest BCUT2D eigenvalue weighted by molar-refractivity contribution is 5.94. The molecule has 1 aromatic heterocycles. The number of nitro benzene ring substituents is 1. The van der Waals surface area contributed by atoms with Gasteiger partial charge in [0, 0.05) is 18.5 Å². The highest BCUT2D eigenvalue weighted by Crippen LogP contribution is 2.24. The third kappa shape index (κ3) is 4.60. The Hall–Kier alpha value is -2.76. The minimum atomic E-state index is -0.708. The fraction of sp³-hybridized carbons (Fsp3) is 0.294. The molecule has 0 unspecified atom stereocenters. The van der Waals surface area contributed by atoms with Crippen LogP contribution in [0.3, 0.4) is 0 Å². The van der Waals surface area contributed by atoms with Crippen LogP contribution in [0.25, 0.3) is 0 Å². The van der Waals surface area contributed by atoms with Gasteiger partial charge in [0.25, 0.3) is 5.69 Å². The van der Waals surface area contributed by atoms with Crippen molar-refractivity contribution in [1.82, 2.24) is 4.98 Å². The molecule has 6 heteroatoms. The van der Waals surface area contributed by atoms with Gasteiger partial charge < -0.3 is 4.74 Å². The number of aromatic nitrogens is 1. The Kier molecular flexibility index (Phi) is 4.74. The molecule has 1 aromatic carbocycles. The van der Waals surface area contributed by atoms with Crippen LogP contribution in [0.4, 0.5) is 5.69 Å². The molecule has 2 rings (SSSR count). The van der Waals surface area contributed by atoms with Crippen molar-refractivity contribution >= 4 is 11.7 Å². The largest absolute Gasteiger partial charge is 0.456 e. The molecule has 1 heterocycles. The van der Waals surface area contributed by atoms with Crippen molar-refractivity contribution in [3.63, 3.8) is 0 Å². The molecule has 0 aliphatic carbocycles. The van der Waals surface area contributed by atoms with Gasteiger partial charge in [-0.1, -0.05) is 6.07 Å². The highest BCUT2D eigenvalue weighted by Gasteiger charge is 2.25. The van der Waals surface area contributed by atoms with Gasteiger partial charge in [-0.2, -0.15) is 0 Å². The van der Waals surface area contributed by atoms with E-state index in [2.05, 4.69) is 4.98 Å². The molecule has 0 fully saturated rings. The zero-order valence-corrected chi connectivity index (χ0v) is 13.3. The van der Waals surface area contributed by atoms with Crippen LogP contribution in [-0.4, -0.2) is 21.5 Å². The number of hydrogen-bond acceptors (Lipinski definition) is 5. The molecule has 0 amide bonds. The average Bonchev–Trinajstić information content (AvgIpc) is 2.46. The Morgan fingerprint density at radius 2 is 1.83 bits per heavy atom. The topological polar surface area (TPSA) is 82.3 Å². The first-order valence-electron chi connectivity index (χ1n) is 7.16. The van der Waals surface area contributed by atoms with Gasteiger partial charge in [0.2, 0.25) is 0 Å². The smallest absolute Gasteiger partial charge is 0.345 e. The van der Waals surface area contributed by atoms with Crippen molar-refractivity contribution in [2.75, 3.05) is 0 Å². The Bertz CT molecular complexity index is 721. The van der Waals surface area contributed by atoms with E-state index >= 15 is 0 Å². The second kappa shape index (κ2) is 6.56. The van der Waals surface area contributed by atoms with Crippen LogP contribution in [0, 0.1) is 10.1 Å². The number of carbonyl (C=O) groups is 1. The van der Waals surface area contributed by atoms with E-state index < -0.39 is 16.5 Å². The van der Waals surface area contributed by atoms with Crippen LogP contribution in [0.2, 0.25) is 0 Å². The number of pyridine rings is 1. The summed E-state index contributed by atoms with van der Waals surface area (Å²) in [5.74, 6) is -0.695. The summed E-state index contributed by atoms with van der Waals surface area (Å²) in [6.45, 7) is 5.15. The van der Waals surface area contributed by atoms with Gasteiger partial charge in [0.15, 0.2) is 0 Å². The molecule has 0 aliphatic heterocycles. The second-order valence-electron chi connectivity index (χ2n) is 6.14. The number of nitrogens with zero attached hydrogens (tertiary/aromatic N) is 2. The van der Waals surface area contributed by atoms with Gasteiger partial charge in [0.05, 0.1) is 4.92 Å². The van der Waals surface area contributed by atoms with Crippen LogP contribution in [0.15, 0.2) is 42.7 Å². The van der Waals surface area contributed by atoms with Crippen LogP contribution in [0.5, 0.6) is 0 Å². The van der Waals surface area contributed by atoms with Gasteiger partial charge in [0.1, 0.15) is 11.2 Å². The lowest BCUT2D eigenvalue weighted by molar-refractivity contribution is -0.385. The molecule has 0 saturated carbocycles. The molecule has 120 valence electrons. The summed E-state index contributed by atoms with van der Waals surface area (Å²) in [4.78, 5) is 26.8. The highest BCUT2D eigenvalue weighted by atomic mass is 16.6. The number of carbonyl (C=O) groups excluding carboxylic acids is 1. The molecule has 0 saturated heterocycles. The summed E-state index contributed by atoms with van der Waals surface area (Å²) < 4.78 is 5.22. The first kappa shape index (κ1) is 16.6. The quantitative estimate of drug-likeness (QED) is 0.490. The first-order valence-corrected chi connectivity index (χ1v) is 7.16. The monoisotopic (exact) mass is 314 g/mol. The van der Waals surface area contributed by atoms with E-state index in [1.54, 1.807) is 39.2 Å². The van der Waals surface area contributed by atoms with Crippen molar-refractivity contribution in [3.8, 4) is 0 Å². The van der Waals surface area contributed by atoms with Gasteiger partial charge in [-0.3, -0.25) is 15.1 Å². The van der Waals surface area contributed by atoms with Gasteiger partial charge in [-0.15, -0.1) is 0 Å². The predicted octanol–water partition coefficient (Wildman–Crippen LogP) is 3.54. The summed E-state index contributed by atoms with van der Waals surface area (Å²) in [5.41, 5.74) is 0.740. The van der Waals surface area contributed by atoms with Gasteiger partial charge in [-0.25, -0.2) is 4.79 Å². The summed E-state index contributed by atoms with van der Waals surface area (Å²) in [6, 6.07) is 8.25. The zero-order chi connectivity index (χ0) is 17.0. The first-order chi connectivity index (χ1) is 10.8. The number of nitro groups is 1. The van der Waals surface area contributed by atoms with Crippen LogP contribution in [0.1, 0.15) is 42.3 Å². The van der Waals surface area contributed by atoms with E-state index in [-0.39, 0.29) is 11.3 Å². The van der Waals surface area contributed by atoms with E-state index in [4.69, 9.17) is 4.74 Å². The molecular weight excluding hydrogens is 296 g/mol. The van der Waals surface area contributed by atoms with E-state index in [1.165, 1.54) is 12.1 Å². The summed E-state index contributed by atoms with van der Waals surface area (Å²) in [6.07, 6.45) is 3.86. The summed E-state index contributed by atoms with van der Waals surface area (Å²) in [7, 11) is 0. The van der Waals surface area contributed by atoms with Crippen LogP contribution >= 0.6 is 0 Å². The van der Waals surface area contributed by atoms with E-state index in [0.717, 1.165) is 11.1 Å². The molecule has 0 spiro atoms. The van der Waals surface area contributed by atoms with Crippen LogP contribution in [-0.2, 0) is 11.2 Å². The van der Waals surface area contributed by atoms with E-state index in [9.17, 15) is 14.9 Å². The Morgan fingerprint density at radius 1 is 1.17 bits per heavy atom. The predicted molar refractivity (Wildman–Crippen MR) is 85.3 cm³/mol. The number of hydrogen-bond donors (Lipinski definition) is 0. The van der Waals surface area contributed by atoms with Crippen molar-refractivity contribution in [1.29, 1.82) is 0 Å². The lowest BCUT2D eigenvalue weighted by Crippen LogP contribution is -2.24. The Balaban J connectivity index is 2.32.